The van der Waals surface area contributed by atoms with E-state index in [9.17, 15) is 9.18 Å². The van der Waals surface area contributed by atoms with Gasteiger partial charge in [0.1, 0.15) is 5.82 Å². The number of carbonyl (C=O) groups excluding carboxylic acids is 1. The molecule has 3 aliphatic rings. The molecule has 0 saturated carbocycles. The molecule has 0 spiro atoms. The van der Waals surface area contributed by atoms with E-state index in [4.69, 9.17) is 9.57 Å². The SMILES string of the molecule is O=C([C@@H]1C[C@@H]2OCC[C@@H]2N(Cc2cccc(F)c2)C1)N1CCCCO1. The first kappa shape index (κ1) is 16.9. The van der Waals surface area contributed by atoms with Gasteiger partial charge in [0.05, 0.1) is 18.6 Å². The highest BCUT2D eigenvalue weighted by Crippen LogP contribution is 2.33. The first-order valence-corrected chi connectivity index (χ1v) is 9.25. The van der Waals surface area contributed by atoms with Crippen LogP contribution in [0, 0.1) is 11.7 Å². The number of amides is 1. The molecular weight excluding hydrogens is 323 g/mol. The molecule has 0 radical (unpaired) electrons. The highest BCUT2D eigenvalue weighted by molar-refractivity contribution is 5.78. The van der Waals surface area contributed by atoms with Gasteiger partial charge in [0.2, 0.25) is 0 Å². The van der Waals surface area contributed by atoms with Gasteiger partial charge in [-0.05, 0) is 43.4 Å². The molecule has 5 nitrogen and oxygen atoms in total. The third-order valence-corrected chi connectivity index (χ3v) is 5.49. The Morgan fingerprint density at radius 2 is 2.20 bits per heavy atom. The number of benzene rings is 1. The lowest BCUT2D eigenvalue weighted by atomic mass is 9.89. The first-order valence-electron chi connectivity index (χ1n) is 9.25. The van der Waals surface area contributed by atoms with Crippen LogP contribution in [0.5, 0.6) is 0 Å². The fourth-order valence-electron chi connectivity index (χ4n) is 4.26. The zero-order chi connectivity index (χ0) is 17.2. The zero-order valence-electron chi connectivity index (χ0n) is 14.4. The number of piperidine rings is 1. The average Bonchev–Trinajstić information content (AvgIpc) is 3.11. The van der Waals surface area contributed by atoms with E-state index in [0.717, 1.165) is 37.9 Å². The van der Waals surface area contributed by atoms with Crippen LogP contribution in [0.4, 0.5) is 4.39 Å². The molecule has 1 aromatic rings. The number of halogens is 1. The zero-order valence-corrected chi connectivity index (χ0v) is 14.4. The molecule has 0 unspecified atom stereocenters. The second-order valence-electron chi connectivity index (χ2n) is 7.24. The van der Waals surface area contributed by atoms with Crippen LogP contribution in [-0.4, -0.2) is 54.3 Å². The number of hydrogen-bond donors (Lipinski definition) is 0. The molecule has 3 fully saturated rings. The first-order chi connectivity index (χ1) is 12.2. The van der Waals surface area contributed by atoms with Crippen molar-refractivity contribution in [1.29, 1.82) is 0 Å². The van der Waals surface area contributed by atoms with Crippen LogP contribution >= 0.6 is 0 Å². The van der Waals surface area contributed by atoms with E-state index in [-0.39, 0.29) is 23.7 Å². The Kier molecular flexibility index (Phi) is 5.01. The maximum Gasteiger partial charge on any atom is 0.250 e. The molecule has 0 N–H and O–H groups in total. The van der Waals surface area contributed by atoms with E-state index in [1.807, 2.05) is 6.07 Å². The molecule has 1 amide bonds. The Balaban J connectivity index is 1.48. The fourth-order valence-corrected chi connectivity index (χ4v) is 4.26. The van der Waals surface area contributed by atoms with Crippen molar-refractivity contribution in [3.8, 4) is 0 Å². The van der Waals surface area contributed by atoms with Crippen LogP contribution in [-0.2, 0) is 20.9 Å². The Labute approximate surface area is 147 Å². The summed E-state index contributed by atoms with van der Waals surface area (Å²) in [6.07, 6.45) is 3.81. The molecule has 25 heavy (non-hydrogen) atoms. The average molecular weight is 348 g/mol. The topological polar surface area (TPSA) is 42.0 Å². The smallest absolute Gasteiger partial charge is 0.250 e. The summed E-state index contributed by atoms with van der Waals surface area (Å²) in [6.45, 7) is 3.35. The number of hydrogen-bond acceptors (Lipinski definition) is 4. The van der Waals surface area contributed by atoms with Crippen LogP contribution in [0.25, 0.3) is 0 Å². The van der Waals surface area contributed by atoms with Crippen molar-refractivity contribution in [1.82, 2.24) is 9.96 Å². The molecule has 4 rings (SSSR count). The van der Waals surface area contributed by atoms with Crippen molar-refractivity contribution in [2.24, 2.45) is 5.92 Å². The Morgan fingerprint density at radius 1 is 1.28 bits per heavy atom. The van der Waals surface area contributed by atoms with Gasteiger partial charge in [0, 0.05) is 32.3 Å². The van der Waals surface area contributed by atoms with Gasteiger partial charge in [-0.25, -0.2) is 9.45 Å². The van der Waals surface area contributed by atoms with Crippen LogP contribution < -0.4 is 0 Å². The summed E-state index contributed by atoms with van der Waals surface area (Å²) in [7, 11) is 0. The summed E-state index contributed by atoms with van der Waals surface area (Å²) in [5, 5.41) is 1.55. The van der Waals surface area contributed by atoms with E-state index in [1.165, 1.54) is 6.07 Å². The molecule has 3 heterocycles. The minimum Gasteiger partial charge on any atom is -0.377 e. The lowest BCUT2D eigenvalue weighted by Crippen LogP contribution is -2.53. The van der Waals surface area contributed by atoms with Crippen molar-refractivity contribution < 1.29 is 18.8 Å². The van der Waals surface area contributed by atoms with E-state index in [0.29, 0.717) is 32.3 Å². The summed E-state index contributed by atoms with van der Waals surface area (Å²) in [4.78, 5) is 20.7. The van der Waals surface area contributed by atoms with Gasteiger partial charge in [0.25, 0.3) is 5.91 Å². The maximum absolute atomic E-state index is 13.5. The number of hydroxylamine groups is 2. The van der Waals surface area contributed by atoms with Gasteiger partial charge in [-0.1, -0.05) is 12.1 Å². The van der Waals surface area contributed by atoms with Crippen LogP contribution in [0.2, 0.25) is 0 Å². The summed E-state index contributed by atoms with van der Waals surface area (Å²) >= 11 is 0. The van der Waals surface area contributed by atoms with Gasteiger partial charge in [-0.2, -0.15) is 0 Å². The van der Waals surface area contributed by atoms with E-state index >= 15 is 0 Å². The molecule has 3 atom stereocenters. The van der Waals surface area contributed by atoms with Crippen LogP contribution in [0.3, 0.4) is 0 Å². The molecule has 136 valence electrons. The summed E-state index contributed by atoms with van der Waals surface area (Å²) in [5.74, 6) is -0.271. The van der Waals surface area contributed by atoms with E-state index < -0.39 is 0 Å². The standard InChI is InChI=1S/C19H25FN2O3/c20-16-5-3-4-14(10-16)12-21-13-15(11-18-17(21)6-9-24-18)19(23)22-7-1-2-8-25-22/h3-5,10,15,17-18H,1-2,6-9,11-13H2/t15-,17+,18+/m1/s1. The number of fused-ring (bicyclic) bond motifs is 1. The predicted octanol–water partition coefficient (Wildman–Crippen LogP) is 2.36. The van der Waals surface area contributed by atoms with Crippen LogP contribution in [0.15, 0.2) is 24.3 Å². The number of carbonyl (C=O) groups is 1. The highest BCUT2D eigenvalue weighted by Gasteiger charge is 2.43. The van der Waals surface area contributed by atoms with Crippen LogP contribution in [0.1, 0.15) is 31.2 Å². The summed E-state index contributed by atoms with van der Waals surface area (Å²) < 4.78 is 19.4. The van der Waals surface area contributed by atoms with Crippen molar-refractivity contribution in [2.45, 2.75) is 44.4 Å². The molecule has 0 bridgehead atoms. The highest BCUT2D eigenvalue weighted by atomic mass is 19.1. The lowest BCUT2D eigenvalue weighted by molar-refractivity contribution is -0.204. The van der Waals surface area contributed by atoms with E-state index in [1.54, 1.807) is 17.2 Å². The van der Waals surface area contributed by atoms with Gasteiger partial charge < -0.3 is 4.74 Å². The predicted molar refractivity (Wildman–Crippen MR) is 90.0 cm³/mol. The number of likely N-dealkylation sites (tertiary alicyclic amines) is 1. The quantitative estimate of drug-likeness (QED) is 0.841. The van der Waals surface area contributed by atoms with Gasteiger partial charge in [-0.15, -0.1) is 0 Å². The van der Waals surface area contributed by atoms with Gasteiger partial charge >= 0.3 is 0 Å². The third kappa shape index (κ3) is 3.71. The Bertz CT molecular complexity index is 620. The minimum atomic E-state index is -0.219. The van der Waals surface area contributed by atoms with Crippen molar-refractivity contribution >= 4 is 5.91 Å². The molecule has 1 aromatic carbocycles. The van der Waals surface area contributed by atoms with Crippen molar-refractivity contribution in [3.63, 3.8) is 0 Å². The molecule has 6 heteroatoms. The summed E-state index contributed by atoms with van der Waals surface area (Å²) in [5.41, 5.74) is 0.938. The van der Waals surface area contributed by atoms with Gasteiger partial charge in [-0.3, -0.25) is 14.5 Å². The maximum atomic E-state index is 13.5. The normalized spacial score (nSPS) is 30.3. The number of rotatable bonds is 3. The van der Waals surface area contributed by atoms with Gasteiger partial charge in [0.15, 0.2) is 0 Å². The fraction of sp³-hybridized carbons (Fsp3) is 0.632. The second-order valence-corrected chi connectivity index (χ2v) is 7.24. The lowest BCUT2D eigenvalue weighted by Gasteiger charge is -2.41. The Hall–Kier alpha value is -1.50. The molecule has 0 aliphatic carbocycles. The molecule has 3 saturated heterocycles. The van der Waals surface area contributed by atoms with Crippen molar-refractivity contribution in [2.75, 3.05) is 26.3 Å². The van der Waals surface area contributed by atoms with E-state index in [2.05, 4.69) is 4.90 Å². The largest absolute Gasteiger partial charge is 0.377 e. The number of ether oxygens (including phenoxy) is 1. The third-order valence-electron chi connectivity index (χ3n) is 5.49. The minimum absolute atomic E-state index is 0.0675. The van der Waals surface area contributed by atoms with Crippen molar-refractivity contribution in [3.05, 3.63) is 35.6 Å². The Morgan fingerprint density at radius 3 is 3.00 bits per heavy atom. The summed E-state index contributed by atoms with van der Waals surface area (Å²) in [6, 6.07) is 7.02. The molecular formula is C19H25FN2O3. The second kappa shape index (κ2) is 7.40. The number of nitrogens with zero attached hydrogens (tertiary/aromatic N) is 2. The monoisotopic (exact) mass is 348 g/mol. The molecule has 3 aliphatic heterocycles. The molecule has 0 aromatic heterocycles.